The molecule has 0 aliphatic carbocycles. The van der Waals surface area contributed by atoms with Gasteiger partial charge in [0.2, 0.25) is 0 Å². The minimum Gasteiger partial charge on any atom is -0.497 e. The monoisotopic (exact) mass is 448 g/mol. The van der Waals surface area contributed by atoms with Crippen LogP contribution in [0.5, 0.6) is 5.75 Å². The van der Waals surface area contributed by atoms with E-state index >= 15 is 0 Å². The van der Waals surface area contributed by atoms with Crippen LogP contribution in [-0.2, 0) is 14.6 Å². The Bertz CT molecular complexity index is 1100. The van der Waals surface area contributed by atoms with Crippen LogP contribution in [0.15, 0.2) is 54.2 Å². The fourth-order valence-electron chi connectivity index (χ4n) is 3.06. The molecule has 7 nitrogen and oxygen atoms in total. The Morgan fingerprint density at radius 3 is 2.60 bits per heavy atom. The molecule has 2 N–H and O–H groups in total. The predicted octanol–water partition coefficient (Wildman–Crippen LogP) is 2.42. The minimum atomic E-state index is -3.16. The van der Waals surface area contributed by atoms with Gasteiger partial charge in [-0.2, -0.15) is 0 Å². The average molecular weight is 449 g/mol. The topological polar surface area (TPSA) is 102 Å². The third-order valence-electron chi connectivity index (χ3n) is 4.58. The second kappa shape index (κ2) is 9.32. The van der Waals surface area contributed by atoms with E-state index in [-0.39, 0.29) is 27.8 Å². The van der Waals surface area contributed by atoms with Crippen molar-refractivity contribution in [2.45, 2.75) is 12.5 Å². The molecule has 0 saturated carbocycles. The molecule has 1 aliphatic heterocycles. The first-order valence-corrected chi connectivity index (χ1v) is 11.4. The molecule has 0 bridgehead atoms. The van der Waals surface area contributed by atoms with E-state index < -0.39 is 27.7 Å². The molecular weight excluding hydrogens is 428 g/mol. The van der Waals surface area contributed by atoms with Gasteiger partial charge in [-0.3, -0.25) is 9.59 Å². The van der Waals surface area contributed by atoms with Crippen molar-refractivity contribution < 1.29 is 22.7 Å². The van der Waals surface area contributed by atoms with Gasteiger partial charge in [0, 0.05) is 6.04 Å². The number of hydrogen-bond acceptors (Lipinski definition) is 5. The summed E-state index contributed by atoms with van der Waals surface area (Å²) in [4.78, 5) is 25.6. The number of carbonyl (C=O) groups excluding carboxylic acids is 2. The van der Waals surface area contributed by atoms with Crippen molar-refractivity contribution in [3.63, 3.8) is 0 Å². The first-order valence-electron chi connectivity index (χ1n) is 9.20. The predicted molar refractivity (Wildman–Crippen MR) is 115 cm³/mol. The summed E-state index contributed by atoms with van der Waals surface area (Å²) in [5.74, 6) is -0.644. The number of carbonyl (C=O) groups is 2. The maximum absolute atomic E-state index is 12.9. The van der Waals surface area contributed by atoms with E-state index in [2.05, 4.69) is 10.6 Å². The van der Waals surface area contributed by atoms with Gasteiger partial charge in [0.25, 0.3) is 11.8 Å². The second-order valence-electron chi connectivity index (χ2n) is 6.84. The van der Waals surface area contributed by atoms with Crippen molar-refractivity contribution in [1.29, 1.82) is 0 Å². The van der Waals surface area contributed by atoms with Crippen LogP contribution < -0.4 is 15.4 Å². The largest absolute Gasteiger partial charge is 0.497 e. The molecule has 1 aliphatic rings. The summed E-state index contributed by atoms with van der Waals surface area (Å²) in [6, 6.07) is 12.9. The van der Waals surface area contributed by atoms with Crippen molar-refractivity contribution in [3.8, 4) is 5.75 Å². The molecule has 1 heterocycles. The highest BCUT2D eigenvalue weighted by molar-refractivity contribution is 7.91. The van der Waals surface area contributed by atoms with Crippen molar-refractivity contribution in [2.75, 3.05) is 18.6 Å². The van der Waals surface area contributed by atoms with Crippen LogP contribution in [0, 0.1) is 0 Å². The molecule has 1 fully saturated rings. The van der Waals surface area contributed by atoms with Crippen LogP contribution in [0.1, 0.15) is 22.3 Å². The lowest BCUT2D eigenvalue weighted by Gasteiger charge is -2.15. The van der Waals surface area contributed by atoms with Gasteiger partial charge >= 0.3 is 0 Å². The van der Waals surface area contributed by atoms with E-state index in [0.717, 1.165) is 0 Å². The van der Waals surface area contributed by atoms with E-state index in [4.69, 9.17) is 16.3 Å². The number of hydrogen-bond donors (Lipinski definition) is 2. The standard InChI is InChI=1S/C21H21ClN2O5S/c1-29-16-6-4-5-14(11-16)12-19(21(26)23-15-9-10-30(27,28)13-15)24-20(25)17-7-2-3-8-18(17)22/h2-8,11-12,15H,9-10,13H2,1H3,(H,23,26)(H,24,25). The van der Waals surface area contributed by atoms with Crippen molar-refractivity contribution in [3.05, 3.63) is 70.4 Å². The SMILES string of the molecule is COc1cccc(C=C(NC(=O)c2ccccc2Cl)C(=O)NC2CCS(=O)(=O)C2)c1. The number of amides is 2. The van der Waals surface area contributed by atoms with Crippen LogP contribution in [0.3, 0.4) is 0 Å². The summed E-state index contributed by atoms with van der Waals surface area (Å²) in [7, 11) is -1.64. The Labute approximate surface area is 180 Å². The van der Waals surface area contributed by atoms with E-state index in [1.807, 2.05) is 0 Å². The van der Waals surface area contributed by atoms with Gasteiger partial charge < -0.3 is 15.4 Å². The molecular formula is C21H21ClN2O5S. The van der Waals surface area contributed by atoms with Crippen LogP contribution in [0.25, 0.3) is 6.08 Å². The lowest BCUT2D eigenvalue weighted by Crippen LogP contribution is -2.41. The van der Waals surface area contributed by atoms with E-state index in [0.29, 0.717) is 17.7 Å². The van der Waals surface area contributed by atoms with Gasteiger partial charge in [-0.25, -0.2) is 8.42 Å². The van der Waals surface area contributed by atoms with E-state index in [9.17, 15) is 18.0 Å². The fraction of sp³-hybridized carbons (Fsp3) is 0.238. The minimum absolute atomic E-state index is 0.0266. The van der Waals surface area contributed by atoms with E-state index in [1.165, 1.54) is 13.2 Å². The molecule has 1 unspecified atom stereocenters. The zero-order valence-electron chi connectivity index (χ0n) is 16.2. The Balaban J connectivity index is 1.87. The third kappa shape index (κ3) is 5.61. The molecule has 3 rings (SSSR count). The molecule has 2 aromatic rings. The molecule has 1 saturated heterocycles. The second-order valence-corrected chi connectivity index (χ2v) is 9.48. The maximum Gasteiger partial charge on any atom is 0.268 e. The molecule has 158 valence electrons. The first-order chi connectivity index (χ1) is 14.3. The molecule has 0 spiro atoms. The quantitative estimate of drug-likeness (QED) is 0.661. The van der Waals surface area contributed by atoms with Gasteiger partial charge in [0.05, 0.1) is 29.2 Å². The molecule has 9 heteroatoms. The number of halogens is 1. The van der Waals surface area contributed by atoms with Gasteiger partial charge in [0.1, 0.15) is 11.4 Å². The van der Waals surface area contributed by atoms with Crippen LogP contribution in [-0.4, -0.2) is 44.9 Å². The number of benzene rings is 2. The smallest absolute Gasteiger partial charge is 0.268 e. The van der Waals surface area contributed by atoms with Crippen molar-refractivity contribution in [1.82, 2.24) is 10.6 Å². The van der Waals surface area contributed by atoms with Gasteiger partial charge in [0.15, 0.2) is 9.84 Å². The highest BCUT2D eigenvalue weighted by Gasteiger charge is 2.30. The van der Waals surface area contributed by atoms with Crippen molar-refractivity contribution in [2.24, 2.45) is 0 Å². The Kier molecular flexibility index (Phi) is 6.79. The number of methoxy groups -OCH3 is 1. The maximum atomic E-state index is 12.9. The lowest BCUT2D eigenvalue weighted by atomic mass is 10.1. The molecule has 30 heavy (non-hydrogen) atoms. The molecule has 0 aromatic heterocycles. The van der Waals surface area contributed by atoms with E-state index in [1.54, 1.807) is 48.5 Å². The van der Waals surface area contributed by atoms with Gasteiger partial charge in [-0.05, 0) is 42.3 Å². The normalized spacial score (nSPS) is 17.9. The Hall–Kier alpha value is -2.84. The molecule has 1 atom stereocenters. The summed E-state index contributed by atoms with van der Waals surface area (Å²) < 4.78 is 28.6. The lowest BCUT2D eigenvalue weighted by molar-refractivity contribution is -0.118. The van der Waals surface area contributed by atoms with Gasteiger partial charge in [-0.1, -0.05) is 35.9 Å². The highest BCUT2D eigenvalue weighted by Crippen LogP contribution is 2.18. The number of nitrogens with one attached hydrogen (secondary N) is 2. The number of ether oxygens (including phenoxy) is 1. The van der Waals surface area contributed by atoms with Gasteiger partial charge in [-0.15, -0.1) is 0 Å². The molecule has 2 aromatic carbocycles. The zero-order chi connectivity index (χ0) is 21.7. The molecule has 0 radical (unpaired) electrons. The molecule has 2 amide bonds. The summed E-state index contributed by atoms with van der Waals surface area (Å²) >= 11 is 6.09. The van der Waals surface area contributed by atoms with Crippen LogP contribution >= 0.6 is 11.6 Å². The fourth-order valence-corrected chi connectivity index (χ4v) is 4.96. The highest BCUT2D eigenvalue weighted by atomic mass is 35.5. The van der Waals surface area contributed by atoms with Crippen molar-refractivity contribution >= 4 is 39.3 Å². The first kappa shape index (κ1) is 21.9. The summed E-state index contributed by atoms with van der Waals surface area (Å²) in [5, 5.41) is 5.53. The zero-order valence-corrected chi connectivity index (χ0v) is 17.8. The Morgan fingerprint density at radius 2 is 1.93 bits per heavy atom. The summed E-state index contributed by atoms with van der Waals surface area (Å²) in [6.45, 7) is 0. The van der Waals surface area contributed by atoms with Crippen LogP contribution in [0.4, 0.5) is 0 Å². The summed E-state index contributed by atoms with van der Waals surface area (Å²) in [6.07, 6.45) is 1.83. The Morgan fingerprint density at radius 1 is 1.17 bits per heavy atom. The summed E-state index contributed by atoms with van der Waals surface area (Å²) in [5.41, 5.74) is 0.808. The van der Waals surface area contributed by atoms with Crippen LogP contribution in [0.2, 0.25) is 5.02 Å². The average Bonchev–Trinajstić information content (AvgIpc) is 3.06. The number of rotatable bonds is 6. The third-order valence-corrected chi connectivity index (χ3v) is 6.68. The number of sulfone groups is 1.